The Balaban J connectivity index is 1.40. The van der Waals surface area contributed by atoms with Gasteiger partial charge in [-0.1, -0.05) is 30.3 Å². The molecule has 2 aliphatic rings. The number of aryl methyl sites for hydroxylation is 2. The number of aromatic nitrogens is 4. The average molecular weight is 430 g/mol. The lowest BCUT2D eigenvalue weighted by Crippen LogP contribution is -2.37. The molecule has 4 heterocycles. The molecule has 1 amide bonds. The Morgan fingerprint density at radius 1 is 0.875 bits per heavy atom. The van der Waals surface area contributed by atoms with E-state index in [1.54, 1.807) is 12.4 Å². The molecule has 2 aromatic heterocycles. The van der Waals surface area contributed by atoms with Gasteiger partial charge in [-0.25, -0.2) is 19.9 Å². The van der Waals surface area contributed by atoms with Gasteiger partial charge in [0.2, 0.25) is 5.95 Å². The molecule has 0 saturated carbocycles. The number of hydrogen-bond donors (Lipinski definition) is 1. The van der Waals surface area contributed by atoms with Gasteiger partial charge in [-0.15, -0.1) is 0 Å². The largest absolute Gasteiger partial charge is 0.354 e. The second-order valence-corrected chi connectivity index (χ2v) is 8.16. The van der Waals surface area contributed by atoms with Crippen LogP contribution in [-0.4, -0.2) is 58.6 Å². The highest BCUT2D eigenvalue weighted by Crippen LogP contribution is 2.26. The van der Waals surface area contributed by atoms with Gasteiger partial charge in [-0.2, -0.15) is 0 Å². The number of fused-ring (bicyclic) bond motifs is 1. The highest BCUT2D eigenvalue weighted by Gasteiger charge is 2.27. The standard InChI is InChI=1S/C24H27N7O/c32-23-21-19(10-13-25-23)22(29-20(28-21)9-8-18-6-2-1-3-7-18)30-14-5-15-31(17-16-30)24-26-11-4-12-27-24/h1-4,6-7,11-12H,5,8-10,13-17H2,(H,25,32). The van der Waals surface area contributed by atoms with Crippen molar-refractivity contribution in [1.82, 2.24) is 25.3 Å². The zero-order chi connectivity index (χ0) is 21.8. The molecule has 5 rings (SSSR count). The number of rotatable bonds is 5. The van der Waals surface area contributed by atoms with Crippen molar-refractivity contribution in [1.29, 1.82) is 0 Å². The molecular formula is C24H27N7O. The summed E-state index contributed by atoms with van der Waals surface area (Å²) in [6.45, 7) is 4.03. The zero-order valence-electron chi connectivity index (χ0n) is 18.1. The minimum atomic E-state index is -0.0926. The van der Waals surface area contributed by atoms with Crippen LogP contribution in [0.2, 0.25) is 0 Å². The van der Waals surface area contributed by atoms with Crippen molar-refractivity contribution >= 4 is 17.7 Å². The lowest BCUT2D eigenvalue weighted by atomic mass is 10.0. The van der Waals surface area contributed by atoms with E-state index in [1.807, 2.05) is 24.3 Å². The molecule has 8 nitrogen and oxygen atoms in total. The van der Waals surface area contributed by atoms with E-state index >= 15 is 0 Å². The van der Waals surface area contributed by atoms with Crippen LogP contribution in [0.5, 0.6) is 0 Å². The van der Waals surface area contributed by atoms with Crippen LogP contribution in [0.3, 0.4) is 0 Å². The molecule has 1 N–H and O–H groups in total. The number of anilines is 2. The summed E-state index contributed by atoms with van der Waals surface area (Å²) in [7, 11) is 0. The molecule has 0 bridgehead atoms. The van der Waals surface area contributed by atoms with E-state index in [1.165, 1.54) is 5.56 Å². The van der Waals surface area contributed by atoms with E-state index in [0.29, 0.717) is 18.7 Å². The monoisotopic (exact) mass is 429 g/mol. The molecular weight excluding hydrogens is 402 g/mol. The Labute approximate surface area is 187 Å². The molecule has 32 heavy (non-hydrogen) atoms. The number of amides is 1. The normalized spacial score (nSPS) is 16.3. The van der Waals surface area contributed by atoms with Crippen LogP contribution in [0.25, 0.3) is 0 Å². The van der Waals surface area contributed by atoms with Crippen molar-refractivity contribution in [3.8, 4) is 0 Å². The third kappa shape index (κ3) is 4.39. The lowest BCUT2D eigenvalue weighted by molar-refractivity contribution is 0.0940. The smallest absolute Gasteiger partial charge is 0.270 e. The fourth-order valence-corrected chi connectivity index (χ4v) is 4.38. The van der Waals surface area contributed by atoms with E-state index in [-0.39, 0.29) is 5.91 Å². The van der Waals surface area contributed by atoms with Gasteiger partial charge in [0.25, 0.3) is 5.91 Å². The topological polar surface area (TPSA) is 87.1 Å². The first kappa shape index (κ1) is 20.4. The van der Waals surface area contributed by atoms with Gasteiger partial charge < -0.3 is 15.1 Å². The number of benzene rings is 1. The first-order chi connectivity index (χ1) is 15.8. The van der Waals surface area contributed by atoms with Crippen LogP contribution in [0.1, 0.15) is 33.9 Å². The summed E-state index contributed by atoms with van der Waals surface area (Å²) in [5.41, 5.74) is 2.76. The van der Waals surface area contributed by atoms with Crippen LogP contribution in [0.15, 0.2) is 48.8 Å². The number of nitrogens with one attached hydrogen (secondary N) is 1. The predicted molar refractivity (Wildman–Crippen MR) is 123 cm³/mol. The molecule has 0 atom stereocenters. The Morgan fingerprint density at radius 3 is 2.50 bits per heavy atom. The van der Waals surface area contributed by atoms with Gasteiger partial charge >= 0.3 is 0 Å². The van der Waals surface area contributed by atoms with Crippen LogP contribution < -0.4 is 15.1 Å². The minimum absolute atomic E-state index is 0.0926. The number of carbonyl (C=O) groups excluding carboxylic acids is 1. The van der Waals surface area contributed by atoms with Crippen LogP contribution in [-0.2, 0) is 19.3 Å². The van der Waals surface area contributed by atoms with Crippen molar-refractivity contribution < 1.29 is 4.79 Å². The molecule has 0 unspecified atom stereocenters. The van der Waals surface area contributed by atoms with Crippen LogP contribution in [0, 0.1) is 0 Å². The third-order valence-electron chi connectivity index (χ3n) is 6.02. The van der Waals surface area contributed by atoms with Gasteiger partial charge in [-0.05, 0) is 30.9 Å². The molecule has 0 aliphatic carbocycles. The van der Waals surface area contributed by atoms with Crippen LogP contribution >= 0.6 is 0 Å². The average Bonchev–Trinajstić information content (AvgIpc) is 3.10. The predicted octanol–water partition coefficient (Wildman–Crippen LogP) is 2.05. The van der Waals surface area contributed by atoms with Crippen molar-refractivity contribution in [3.05, 3.63) is 71.4 Å². The fraction of sp³-hybridized carbons (Fsp3) is 0.375. The summed E-state index contributed by atoms with van der Waals surface area (Å²) in [6, 6.07) is 12.2. The van der Waals surface area contributed by atoms with Gasteiger partial charge in [0, 0.05) is 57.1 Å². The highest BCUT2D eigenvalue weighted by atomic mass is 16.1. The van der Waals surface area contributed by atoms with Gasteiger partial charge in [0.15, 0.2) is 0 Å². The molecule has 2 aliphatic heterocycles. The summed E-state index contributed by atoms with van der Waals surface area (Å²) in [6.07, 6.45) is 6.85. The molecule has 0 spiro atoms. The Morgan fingerprint density at radius 2 is 1.66 bits per heavy atom. The Hall–Kier alpha value is -3.55. The van der Waals surface area contributed by atoms with E-state index in [4.69, 9.17) is 4.98 Å². The number of nitrogens with zero attached hydrogens (tertiary/aromatic N) is 6. The number of hydrogen-bond acceptors (Lipinski definition) is 7. The maximum atomic E-state index is 12.6. The fourth-order valence-electron chi connectivity index (χ4n) is 4.38. The van der Waals surface area contributed by atoms with Crippen LogP contribution in [0.4, 0.5) is 11.8 Å². The van der Waals surface area contributed by atoms with E-state index < -0.39 is 0 Å². The van der Waals surface area contributed by atoms with Crippen molar-refractivity contribution in [2.45, 2.75) is 25.7 Å². The molecule has 1 aromatic carbocycles. The molecule has 164 valence electrons. The SMILES string of the molecule is O=C1NCCc2c1nc(CCc1ccccc1)nc2N1CCCN(c2ncccn2)CC1. The Bertz CT molecular complexity index is 1070. The lowest BCUT2D eigenvalue weighted by Gasteiger charge is -2.28. The van der Waals surface area contributed by atoms with Crippen molar-refractivity contribution in [2.24, 2.45) is 0 Å². The maximum absolute atomic E-state index is 12.6. The van der Waals surface area contributed by atoms with Gasteiger partial charge in [0.05, 0.1) is 0 Å². The minimum Gasteiger partial charge on any atom is -0.354 e. The van der Waals surface area contributed by atoms with Crippen molar-refractivity contribution in [2.75, 3.05) is 42.5 Å². The van der Waals surface area contributed by atoms with E-state index in [2.05, 4.69) is 42.2 Å². The summed E-state index contributed by atoms with van der Waals surface area (Å²) in [4.78, 5) is 35.6. The molecule has 1 fully saturated rings. The number of carbonyl (C=O) groups is 1. The second-order valence-electron chi connectivity index (χ2n) is 8.16. The molecule has 3 aromatic rings. The van der Waals surface area contributed by atoms with Gasteiger partial charge in [-0.3, -0.25) is 4.79 Å². The Kier molecular flexibility index (Phi) is 5.91. The van der Waals surface area contributed by atoms with Gasteiger partial charge in [0.1, 0.15) is 17.3 Å². The first-order valence-corrected chi connectivity index (χ1v) is 11.3. The molecule has 1 saturated heterocycles. The van der Waals surface area contributed by atoms with E-state index in [9.17, 15) is 4.79 Å². The van der Waals surface area contributed by atoms with E-state index in [0.717, 1.165) is 68.6 Å². The summed E-state index contributed by atoms with van der Waals surface area (Å²) < 4.78 is 0. The summed E-state index contributed by atoms with van der Waals surface area (Å²) >= 11 is 0. The quantitative estimate of drug-likeness (QED) is 0.664. The second kappa shape index (κ2) is 9.30. The third-order valence-corrected chi connectivity index (χ3v) is 6.02. The summed E-state index contributed by atoms with van der Waals surface area (Å²) in [5, 5.41) is 2.94. The summed E-state index contributed by atoms with van der Waals surface area (Å²) in [5.74, 6) is 2.32. The first-order valence-electron chi connectivity index (χ1n) is 11.3. The molecule has 8 heteroatoms. The molecule has 0 radical (unpaired) electrons. The zero-order valence-corrected chi connectivity index (χ0v) is 18.1. The highest BCUT2D eigenvalue weighted by molar-refractivity contribution is 5.96. The van der Waals surface area contributed by atoms with Crippen molar-refractivity contribution in [3.63, 3.8) is 0 Å². The maximum Gasteiger partial charge on any atom is 0.270 e.